The number of nitrogens with zero attached hydrogens (tertiary/aromatic N) is 1. The van der Waals surface area contributed by atoms with Crippen LogP contribution in [-0.2, 0) is 18.4 Å². The number of carbonyl (C=O) groups excluding carboxylic acids is 1. The molecule has 3 rings (SSSR count). The second kappa shape index (κ2) is 14.3. The predicted molar refractivity (Wildman–Crippen MR) is 147 cm³/mol. The molecule has 3 heteroatoms. The summed E-state index contributed by atoms with van der Waals surface area (Å²) in [6.45, 7) is 19.8. The molecule has 1 aliphatic carbocycles. The lowest BCUT2D eigenvalue weighted by molar-refractivity contribution is 0.0929. The minimum atomic E-state index is -0.276. The fraction of sp³-hybridized carbons (Fsp3) is 0.613. The zero-order valence-corrected chi connectivity index (χ0v) is 23.4. The molecule has 190 valence electrons. The summed E-state index contributed by atoms with van der Waals surface area (Å²) in [6.07, 6.45) is 9.43. The van der Waals surface area contributed by atoms with Crippen molar-refractivity contribution in [3.63, 3.8) is 0 Å². The van der Waals surface area contributed by atoms with E-state index in [2.05, 4.69) is 70.9 Å². The summed E-state index contributed by atoms with van der Waals surface area (Å²) in [5.41, 5.74) is 4.45. The molecule has 1 heterocycles. The summed E-state index contributed by atoms with van der Waals surface area (Å²) >= 11 is 0. The van der Waals surface area contributed by atoms with E-state index in [0.717, 1.165) is 36.9 Å². The Balaban J connectivity index is 0.00000107. The highest BCUT2D eigenvalue weighted by molar-refractivity contribution is 5.95. The number of aromatic nitrogens is 1. The molecule has 0 saturated heterocycles. The van der Waals surface area contributed by atoms with Crippen molar-refractivity contribution in [1.29, 1.82) is 0 Å². The van der Waals surface area contributed by atoms with E-state index in [-0.39, 0.29) is 11.4 Å². The molecular weight excluding hydrogens is 416 g/mol. The fourth-order valence-electron chi connectivity index (χ4n) is 4.30. The van der Waals surface area contributed by atoms with Crippen LogP contribution in [0.5, 0.6) is 0 Å². The smallest absolute Gasteiger partial charge is 0.252 e. The van der Waals surface area contributed by atoms with Crippen LogP contribution < -0.4 is 5.32 Å². The van der Waals surface area contributed by atoms with Gasteiger partial charge in [0.05, 0.1) is 11.2 Å². The van der Waals surface area contributed by atoms with Crippen LogP contribution in [-0.4, -0.2) is 10.9 Å². The van der Waals surface area contributed by atoms with Crippen molar-refractivity contribution in [1.82, 2.24) is 10.3 Å². The van der Waals surface area contributed by atoms with E-state index in [1.54, 1.807) is 6.20 Å². The van der Waals surface area contributed by atoms with Gasteiger partial charge in [-0.15, -0.1) is 0 Å². The summed E-state index contributed by atoms with van der Waals surface area (Å²) in [7, 11) is 0. The first kappa shape index (κ1) is 29.9. The number of rotatable bonds is 9. The number of nitrogens with one attached hydrogen (secondary N) is 1. The fourth-order valence-corrected chi connectivity index (χ4v) is 4.30. The van der Waals surface area contributed by atoms with Gasteiger partial charge in [0.1, 0.15) is 0 Å². The van der Waals surface area contributed by atoms with Gasteiger partial charge in [-0.1, -0.05) is 87.3 Å². The van der Waals surface area contributed by atoms with Crippen molar-refractivity contribution in [3.05, 3.63) is 65.0 Å². The van der Waals surface area contributed by atoms with E-state index >= 15 is 0 Å². The zero-order valence-electron chi connectivity index (χ0n) is 23.4. The minimum Gasteiger partial charge on any atom is -0.341 e. The quantitative estimate of drug-likeness (QED) is 0.402. The van der Waals surface area contributed by atoms with Crippen LogP contribution in [0.25, 0.3) is 0 Å². The van der Waals surface area contributed by atoms with E-state index in [4.69, 9.17) is 0 Å². The van der Waals surface area contributed by atoms with E-state index in [0.29, 0.717) is 11.3 Å². The van der Waals surface area contributed by atoms with Gasteiger partial charge in [0.2, 0.25) is 0 Å². The molecule has 0 spiro atoms. The third-order valence-corrected chi connectivity index (χ3v) is 6.86. The van der Waals surface area contributed by atoms with Gasteiger partial charge in [0, 0.05) is 11.8 Å². The first-order valence-electron chi connectivity index (χ1n) is 13.6. The van der Waals surface area contributed by atoms with Crippen molar-refractivity contribution in [2.75, 3.05) is 0 Å². The van der Waals surface area contributed by atoms with E-state index in [1.165, 1.54) is 30.4 Å². The monoisotopic (exact) mass is 466 g/mol. The summed E-state index contributed by atoms with van der Waals surface area (Å²) in [5.74, 6) is 0.611. The molecule has 1 atom stereocenters. The Morgan fingerprint density at radius 2 is 1.71 bits per heavy atom. The average Bonchev–Trinajstić information content (AvgIpc) is 3.62. The number of aryl methyl sites for hydroxylation is 1. The molecule has 34 heavy (non-hydrogen) atoms. The lowest BCUT2D eigenvalue weighted by Gasteiger charge is -2.32. The first-order valence-corrected chi connectivity index (χ1v) is 13.6. The van der Waals surface area contributed by atoms with Crippen LogP contribution in [0.2, 0.25) is 0 Å². The Labute approximate surface area is 210 Å². The van der Waals surface area contributed by atoms with Crippen molar-refractivity contribution in [3.8, 4) is 0 Å². The molecule has 2 aromatic rings. The highest BCUT2D eigenvalue weighted by atomic mass is 16.1. The lowest BCUT2D eigenvalue weighted by atomic mass is 9.73. The summed E-state index contributed by atoms with van der Waals surface area (Å²) < 4.78 is 0. The second-order valence-electron chi connectivity index (χ2n) is 10.1. The Kier molecular flexibility index (Phi) is 12.6. The van der Waals surface area contributed by atoms with Gasteiger partial charge in [-0.2, -0.15) is 0 Å². The number of hydrogen-bond donors (Lipinski definition) is 1. The lowest BCUT2D eigenvalue weighted by Crippen LogP contribution is -2.35. The van der Waals surface area contributed by atoms with Gasteiger partial charge in [0.15, 0.2) is 0 Å². The van der Waals surface area contributed by atoms with E-state index < -0.39 is 0 Å². The zero-order chi connectivity index (χ0) is 25.8. The largest absolute Gasteiger partial charge is 0.341 e. The molecule has 0 aliphatic heterocycles. The van der Waals surface area contributed by atoms with E-state index in [9.17, 15) is 4.79 Å². The molecule has 1 unspecified atom stereocenters. The topological polar surface area (TPSA) is 42.0 Å². The van der Waals surface area contributed by atoms with Gasteiger partial charge >= 0.3 is 0 Å². The number of hydrogen-bond acceptors (Lipinski definition) is 2. The molecule has 0 radical (unpaired) electrons. The second-order valence-corrected chi connectivity index (χ2v) is 10.1. The Morgan fingerprint density at radius 1 is 1.06 bits per heavy atom. The molecule has 1 saturated carbocycles. The predicted octanol–water partition coefficient (Wildman–Crippen LogP) is 8.51. The minimum absolute atomic E-state index is 0.00812. The SMILES string of the molecule is CC.CCC.CCCC(C)(C)C(C)Cc1ccc(C(=O)NC2(c3ccccn3)CC2)cc1CC. The molecule has 3 nitrogen and oxygen atoms in total. The van der Waals surface area contributed by atoms with E-state index in [1.807, 2.05) is 38.1 Å². The maximum absolute atomic E-state index is 13.0. The standard InChI is InChI=1S/C26H36N2O.C3H8.C2H6/c1-6-13-25(4,5)19(3)17-21-11-12-22(18-20(21)7-2)24(29)28-26(14-15-26)23-10-8-9-16-27-23;1-3-2;1-2/h8-12,16,18-19H,6-7,13-15,17H2,1-5H3,(H,28,29);3H2,1-2H3;1-2H3. The summed E-state index contributed by atoms with van der Waals surface area (Å²) in [6, 6.07) is 12.2. The highest BCUT2D eigenvalue weighted by Gasteiger charge is 2.47. The Morgan fingerprint density at radius 3 is 2.21 bits per heavy atom. The first-order chi connectivity index (χ1) is 16.2. The van der Waals surface area contributed by atoms with Crippen molar-refractivity contribution >= 4 is 5.91 Å². The van der Waals surface area contributed by atoms with Crippen LogP contribution in [0.15, 0.2) is 42.6 Å². The number of carbonyl (C=O) groups is 1. The van der Waals surface area contributed by atoms with Crippen LogP contribution in [0.4, 0.5) is 0 Å². The Bertz CT molecular complexity index is 853. The Hall–Kier alpha value is -2.16. The van der Waals surface area contributed by atoms with Crippen molar-refractivity contribution in [2.24, 2.45) is 11.3 Å². The normalized spacial score (nSPS) is 14.6. The molecule has 0 bridgehead atoms. The van der Waals surface area contributed by atoms with Gasteiger partial charge < -0.3 is 5.32 Å². The molecule has 1 aliphatic rings. The van der Waals surface area contributed by atoms with Crippen LogP contribution >= 0.6 is 0 Å². The third kappa shape index (κ3) is 8.25. The van der Waals surface area contributed by atoms with Gasteiger partial charge in [-0.3, -0.25) is 9.78 Å². The van der Waals surface area contributed by atoms with Gasteiger partial charge in [-0.25, -0.2) is 0 Å². The van der Waals surface area contributed by atoms with Gasteiger partial charge in [0.25, 0.3) is 5.91 Å². The maximum atomic E-state index is 13.0. The number of benzene rings is 1. The molecule has 1 aromatic carbocycles. The summed E-state index contributed by atoms with van der Waals surface area (Å²) in [4.78, 5) is 17.4. The third-order valence-electron chi connectivity index (χ3n) is 6.86. The van der Waals surface area contributed by atoms with Crippen LogP contribution in [0.3, 0.4) is 0 Å². The van der Waals surface area contributed by atoms with Crippen molar-refractivity contribution in [2.45, 2.75) is 113 Å². The molecule has 1 amide bonds. The molecular formula is C31H50N2O. The maximum Gasteiger partial charge on any atom is 0.252 e. The average molecular weight is 467 g/mol. The highest BCUT2D eigenvalue weighted by Crippen LogP contribution is 2.44. The molecule has 1 fully saturated rings. The van der Waals surface area contributed by atoms with Crippen LogP contribution in [0, 0.1) is 11.3 Å². The molecule has 1 N–H and O–H groups in total. The van der Waals surface area contributed by atoms with Crippen molar-refractivity contribution < 1.29 is 4.79 Å². The molecule has 1 aromatic heterocycles. The number of pyridine rings is 1. The number of amides is 1. The van der Waals surface area contributed by atoms with Crippen LogP contribution in [0.1, 0.15) is 122 Å². The summed E-state index contributed by atoms with van der Waals surface area (Å²) in [5, 5.41) is 3.25. The van der Waals surface area contributed by atoms with Gasteiger partial charge in [-0.05, 0) is 78.8 Å².